The van der Waals surface area contributed by atoms with Gasteiger partial charge in [0.15, 0.2) is 5.58 Å². The van der Waals surface area contributed by atoms with Crippen molar-refractivity contribution in [2.45, 2.75) is 19.4 Å². The molecule has 0 radical (unpaired) electrons. The molecule has 26 heavy (non-hydrogen) atoms. The van der Waals surface area contributed by atoms with Crippen molar-refractivity contribution in [2.75, 3.05) is 5.32 Å². The predicted molar refractivity (Wildman–Crippen MR) is 99.1 cm³/mol. The monoisotopic (exact) mass is 419 g/mol. The summed E-state index contributed by atoms with van der Waals surface area (Å²) in [7, 11) is 0. The summed E-state index contributed by atoms with van der Waals surface area (Å²) < 4.78 is 7.28. The smallest absolute Gasteiger partial charge is 0.407 e. The lowest BCUT2D eigenvalue weighted by Gasteiger charge is -2.06. The molecule has 8 nitrogen and oxygen atoms in total. The first-order valence-electron chi connectivity index (χ1n) is 7.77. The van der Waals surface area contributed by atoms with Crippen LogP contribution in [0.4, 0.5) is 11.4 Å². The molecule has 0 aliphatic rings. The van der Waals surface area contributed by atoms with E-state index in [1.54, 1.807) is 12.1 Å². The quantitative estimate of drug-likeness (QED) is 0.484. The molecule has 134 valence electrons. The molecule has 1 aromatic heterocycles. The van der Waals surface area contributed by atoms with Crippen molar-refractivity contribution in [3.8, 4) is 0 Å². The highest BCUT2D eigenvalue weighted by Crippen LogP contribution is 2.20. The number of aromatic nitrogens is 1. The minimum absolute atomic E-state index is 0.146. The van der Waals surface area contributed by atoms with Gasteiger partial charge < -0.3 is 9.73 Å². The summed E-state index contributed by atoms with van der Waals surface area (Å²) in [5.41, 5.74) is 1.16. The van der Waals surface area contributed by atoms with Crippen molar-refractivity contribution < 1.29 is 14.1 Å². The Morgan fingerprint density at radius 2 is 2.08 bits per heavy atom. The fourth-order valence-corrected chi connectivity index (χ4v) is 2.97. The van der Waals surface area contributed by atoms with Crippen molar-refractivity contribution in [3.05, 3.63) is 67.6 Å². The topological polar surface area (TPSA) is 107 Å². The minimum Gasteiger partial charge on any atom is -0.407 e. The van der Waals surface area contributed by atoms with Crippen LogP contribution >= 0.6 is 15.9 Å². The largest absolute Gasteiger partial charge is 0.419 e. The van der Waals surface area contributed by atoms with E-state index < -0.39 is 10.7 Å². The van der Waals surface area contributed by atoms with Crippen LogP contribution in [0.2, 0.25) is 0 Å². The Kier molecular flexibility index (Phi) is 5.17. The Morgan fingerprint density at radius 3 is 2.81 bits per heavy atom. The van der Waals surface area contributed by atoms with Gasteiger partial charge in [0.2, 0.25) is 5.91 Å². The van der Waals surface area contributed by atoms with Crippen molar-refractivity contribution in [2.24, 2.45) is 0 Å². The fourth-order valence-electron chi connectivity index (χ4n) is 2.57. The second kappa shape index (κ2) is 7.52. The molecule has 9 heteroatoms. The molecule has 0 fully saturated rings. The second-order valence-electron chi connectivity index (χ2n) is 5.59. The molecule has 0 aliphatic carbocycles. The number of amides is 1. The zero-order valence-corrected chi connectivity index (χ0v) is 15.1. The van der Waals surface area contributed by atoms with Gasteiger partial charge in [0.1, 0.15) is 0 Å². The lowest BCUT2D eigenvalue weighted by atomic mass is 10.2. The predicted octanol–water partition coefficient (Wildman–Crippen LogP) is 3.68. The van der Waals surface area contributed by atoms with Gasteiger partial charge in [-0.25, -0.2) is 4.79 Å². The van der Waals surface area contributed by atoms with Gasteiger partial charge in [-0.2, -0.15) is 0 Å². The molecular weight excluding hydrogens is 406 g/mol. The van der Waals surface area contributed by atoms with Gasteiger partial charge in [-0.1, -0.05) is 22.0 Å². The van der Waals surface area contributed by atoms with E-state index in [9.17, 15) is 19.7 Å². The lowest BCUT2D eigenvalue weighted by Crippen LogP contribution is -2.17. The molecule has 1 N–H and O–H groups in total. The summed E-state index contributed by atoms with van der Waals surface area (Å²) >= 11 is 3.33. The SMILES string of the molecule is O=C(CCCn1c(=O)oc2cc([N+](=O)[O-])ccc21)Nc1cccc(Br)c1. The molecule has 3 aromatic rings. The fraction of sp³-hybridized carbons (Fsp3) is 0.176. The Morgan fingerprint density at radius 1 is 1.27 bits per heavy atom. The lowest BCUT2D eigenvalue weighted by molar-refractivity contribution is -0.384. The van der Waals surface area contributed by atoms with E-state index in [-0.39, 0.29) is 30.1 Å². The number of anilines is 1. The molecule has 0 unspecified atom stereocenters. The van der Waals surface area contributed by atoms with Crippen molar-refractivity contribution in [3.63, 3.8) is 0 Å². The van der Waals surface area contributed by atoms with Crippen LogP contribution in [0.3, 0.4) is 0 Å². The Labute approximate surface area is 155 Å². The first-order chi connectivity index (χ1) is 12.4. The third-order valence-electron chi connectivity index (χ3n) is 3.76. The second-order valence-corrected chi connectivity index (χ2v) is 6.51. The maximum absolute atomic E-state index is 12.0. The van der Waals surface area contributed by atoms with Gasteiger partial charge in [-0.05, 0) is 30.7 Å². The van der Waals surface area contributed by atoms with Crippen LogP contribution in [0.25, 0.3) is 11.1 Å². The number of fused-ring (bicyclic) bond motifs is 1. The average molecular weight is 420 g/mol. The number of nitro groups is 1. The van der Waals surface area contributed by atoms with Crippen molar-refractivity contribution in [1.82, 2.24) is 4.57 Å². The van der Waals surface area contributed by atoms with Crippen LogP contribution in [-0.2, 0) is 11.3 Å². The maximum Gasteiger partial charge on any atom is 0.419 e. The number of halogens is 1. The molecule has 0 atom stereocenters. The molecule has 3 rings (SSSR count). The number of nitro benzene ring substituents is 1. The van der Waals surface area contributed by atoms with Crippen molar-refractivity contribution in [1.29, 1.82) is 0 Å². The highest BCUT2D eigenvalue weighted by molar-refractivity contribution is 9.10. The number of aryl methyl sites for hydroxylation is 1. The number of nitrogens with zero attached hydrogens (tertiary/aromatic N) is 2. The van der Waals surface area contributed by atoms with Gasteiger partial charge in [0, 0.05) is 29.2 Å². The minimum atomic E-state index is -0.604. The Hall–Kier alpha value is -2.94. The third kappa shape index (κ3) is 3.99. The molecule has 0 bridgehead atoms. The van der Waals surface area contributed by atoms with Crippen LogP contribution < -0.4 is 11.1 Å². The number of oxazole rings is 1. The zero-order valence-electron chi connectivity index (χ0n) is 13.5. The number of non-ortho nitro benzene ring substituents is 1. The van der Waals surface area contributed by atoms with Gasteiger partial charge in [0.05, 0.1) is 16.5 Å². The number of hydrogen-bond acceptors (Lipinski definition) is 5. The van der Waals surface area contributed by atoms with Gasteiger partial charge in [-0.3, -0.25) is 19.5 Å². The van der Waals surface area contributed by atoms with Gasteiger partial charge >= 0.3 is 5.76 Å². The molecular formula is C17H14BrN3O5. The van der Waals surface area contributed by atoms with E-state index in [2.05, 4.69) is 21.2 Å². The van der Waals surface area contributed by atoms with Crippen LogP contribution in [-0.4, -0.2) is 15.4 Å². The van der Waals surface area contributed by atoms with E-state index in [1.807, 2.05) is 12.1 Å². The first-order valence-corrected chi connectivity index (χ1v) is 8.56. The summed E-state index contributed by atoms with van der Waals surface area (Å²) in [5, 5.41) is 13.6. The molecule has 1 amide bonds. The van der Waals surface area contributed by atoms with Gasteiger partial charge in [0.25, 0.3) is 5.69 Å². The van der Waals surface area contributed by atoms with Crippen LogP contribution in [0, 0.1) is 10.1 Å². The maximum atomic E-state index is 12.0. The number of benzene rings is 2. The Balaban J connectivity index is 1.64. The summed E-state index contributed by atoms with van der Waals surface area (Å²) in [5.74, 6) is -0.771. The number of carbonyl (C=O) groups is 1. The number of nitrogens with one attached hydrogen (secondary N) is 1. The standard InChI is InChI=1S/C17H14BrN3O5/c18-11-3-1-4-12(9-11)19-16(22)5-2-8-20-14-7-6-13(21(24)25)10-15(14)26-17(20)23/h1,3-4,6-7,9-10H,2,5,8H2,(H,19,22). The molecule has 2 aromatic carbocycles. The molecule has 0 spiro atoms. The number of rotatable bonds is 6. The summed E-state index contributed by atoms with van der Waals surface area (Å²) in [6.45, 7) is 0.273. The van der Waals surface area contributed by atoms with E-state index in [0.29, 0.717) is 17.6 Å². The summed E-state index contributed by atoms with van der Waals surface area (Å²) in [6, 6.07) is 11.2. The molecule has 0 saturated carbocycles. The molecule has 0 aliphatic heterocycles. The van der Waals surface area contributed by atoms with Crippen LogP contribution in [0.1, 0.15) is 12.8 Å². The van der Waals surface area contributed by atoms with Gasteiger partial charge in [-0.15, -0.1) is 0 Å². The Bertz CT molecular complexity index is 1040. The first kappa shape index (κ1) is 17.9. The summed E-state index contributed by atoms with van der Waals surface area (Å²) in [4.78, 5) is 34.2. The normalized spacial score (nSPS) is 10.8. The van der Waals surface area contributed by atoms with E-state index in [1.165, 1.54) is 22.8 Å². The van der Waals surface area contributed by atoms with E-state index >= 15 is 0 Å². The third-order valence-corrected chi connectivity index (χ3v) is 4.25. The highest BCUT2D eigenvalue weighted by Gasteiger charge is 2.14. The number of hydrogen-bond donors (Lipinski definition) is 1. The van der Waals surface area contributed by atoms with Crippen molar-refractivity contribution >= 4 is 44.3 Å². The highest BCUT2D eigenvalue weighted by atomic mass is 79.9. The van der Waals surface area contributed by atoms with E-state index in [4.69, 9.17) is 4.42 Å². The molecule has 1 heterocycles. The van der Waals surface area contributed by atoms with Crippen LogP contribution in [0.5, 0.6) is 0 Å². The zero-order chi connectivity index (χ0) is 18.7. The van der Waals surface area contributed by atoms with E-state index in [0.717, 1.165) is 4.47 Å². The van der Waals surface area contributed by atoms with Crippen LogP contribution in [0.15, 0.2) is 56.1 Å². The molecule has 0 saturated heterocycles. The average Bonchev–Trinajstić information content (AvgIpc) is 2.89. The summed E-state index contributed by atoms with van der Waals surface area (Å²) in [6.07, 6.45) is 0.643. The number of carbonyl (C=O) groups excluding carboxylic acids is 1.